The third-order valence-corrected chi connectivity index (χ3v) is 3.78. The summed E-state index contributed by atoms with van der Waals surface area (Å²) in [7, 11) is 0. The van der Waals surface area contributed by atoms with Crippen molar-refractivity contribution in [2.24, 2.45) is 5.73 Å². The minimum absolute atomic E-state index is 0.204. The molecule has 0 amide bonds. The van der Waals surface area contributed by atoms with Crippen molar-refractivity contribution in [3.63, 3.8) is 0 Å². The minimum Gasteiger partial charge on any atom is -0.342 e. The molecule has 0 radical (unpaired) electrons. The lowest BCUT2D eigenvalue weighted by atomic mass is 10.1. The highest BCUT2D eigenvalue weighted by atomic mass is 19.1. The maximum atomic E-state index is 12.9. The Bertz CT molecular complexity index is 556. The Morgan fingerprint density at radius 2 is 1.90 bits per heavy atom. The summed E-state index contributed by atoms with van der Waals surface area (Å²) < 4.78 is 15.0. The number of hydrogen-bond acceptors (Lipinski definition) is 3. The van der Waals surface area contributed by atoms with E-state index in [0.29, 0.717) is 12.6 Å². The van der Waals surface area contributed by atoms with E-state index in [4.69, 9.17) is 5.73 Å². The lowest BCUT2D eigenvalue weighted by molar-refractivity contribution is 0.491. The Kier molecular flexibility index (Phi) is 3.69. The van der Waals surface area contributed by atoms with Gasteiger partial charge in [-0.15, -0.1) is 0 Å². The predicted octanol–water partition coefficient (Wildman–Crippen LogP) is 2.00. The van der Waals surface area contributed by atoms with Crippen molar-refractivity contribution in [1.29, 1.82) is 0 Å². The van der Waals surface area contributed by atoms with Crippen molar-refractivity contribution < 1.29 is 4.39 Å². The van der Waals surface area contributed by atoms with Gasteiger partial charge in [0.15, 0.2) is 0 Å². The summed E-state index contributed by atoms with van der Waals surface area (Å²) in [6.45, 7) is 2.60. The normalized spacial score (nSPS) is 16.6. The van der Waals surface area contributed by atoms with Gasteiger partial charge in [0.25, 0.3) is 0 Å². The van der Waals surface area contributed by atoms with Crippen LogP contribution < -0.4 is 10.6 Å². The van der Waals surface area contributed by atoms with Gasteiger partial charge in [0.05, 0.1) is 6.54 Å². The van der Waals surface area contributed by atoms with E-state index in [-0.39, 0.29) is 5.82 Å². The van der Waals surface area contributed by atoms with Crippen LogP contribution in [0.15, 0.2) is 36.7 Å². The molecule has 0 spiro atoms. The van der Waals surface area contributed by atoms with E-state index in [1.54, 1.807) is 0 Å². The molecule has 1 saturated heterocycles. The molecule has 4 nitrogen and oxygen atoms in total. The quantitative estimate of drug-likeness (QED) is 0.931. The molecule has 106 valence electrons. The van der Waals surface area contributed by atoms with E-state index < -0.39 is 0 Å². The molecule has 1 aromatic heterocycles. The molecule has 1 fully saturated rings. The van der Waals surface area contributed by atoms with Crippen LogP contribution in [0.5, 0.6) is 0 Å². The first-order chi connectivity index (χ1) is 9.72. The zero-order valence-corrected chi connectivity index (χ0v) is 11.4. The topological polar surface area (TPSA) is 47.1 Å². The molecule has 0 saturated carbocycles. The second kappa shape index (κ2) is 5.63. The van der Waals surface area contributed by atoms with Crippen LogP contribution in [0.2, 0.25) is 0 Å². The smallest absolute Gasteiger partial charge is 0.205 e. The SMILES string of the molecule is NC1CCN(c2nccn2Cc2ccc(F)cc2)CC1. The predicted molar refractivity (Wildman–Crippen MR) is 77.2 cm³/mol. The van der Waals surface area contributed by atoms with E-state index in [9.17, 15) is 4.39 Å². The van der Waals surface area contributed by atoms with E-state index in [1.807, 2.05) is 24.5 Å². The van der Waals surface area contributed by atoms with E-state index in [1.165, 1.54) is 12.1 Å². The molecule has 5 heteroatoms. The van der Waals surface area contributed by atoms with E-state index in [2.05, 4.69) is 14.5 Å². The first-order valence-electron chi connectivity index (χ1n) is 6.98. The number of benzene rings is 1. The summed E-state index contributed by atoms with van der Waals surface area (Å²) in [5, 5.41) is 0. The van der Waals surface area contributed by atoms with Crippen LogP contribution in [0.1, 0.15) is 18.4 Å². The lowest BCUT2D eigenvalue weighted by Crippen LogP contribution is -2.40. The Morgan fingerprint density at radius 1 is 1.20 bits per heavy atom. The largest absolute Gasteiger partial charge is 0.342 e. The van der Waals surface area contributed by atoms with Gasteiger partial charge in [-0.25, -0.2) is 9.37 Å². The number of hydrogen-bond donors (Lipinski definition) is 1. The van der Waals surface area contributed by atoms with Crippen molar-refractivity contribution in [3.05, 3.63) is 48.0 Å². The molecule has 2 aromatic rings. The summed E-state index contributed by atoms with van der Waals surface area (Å²) in [4.78, 5) is 6.72. The maximum absolute atomic E-state index is 12.9. The van der Waals surface area contributed by atoms with Crippen LogP contribution in [0.25, 0.3) is 0 Å². The Hall–Kier alpha value is -1.88. The number of nitrogens with zero attached hydrogens (tertiary/aromatic N) is 3. The van der Waals surface area contributed by atoms with Gasteiger partial charge < -0.3 is 15.2 Å². The standard InChI is InChI=1S/C15H19FN4/c16-13-3-1-12(2-4-13)11-20-10-7-18-15(20)19-8-5-14(17)6-9-19/h1-4,7,10,14H,5-6,8-9,11,17H2. The summed E-state index contributed by atoms with van der Waals surface area (Å²) in [5.74, 6) is 0.769. The molecule has 2 N–H and O–H groups in total. The van der Waals surface area contributed by atoms with Gasteiger partial charge >= 0.3 is 0 Å². The van der Waals surface area contributed by atoms with Gasteiger partial charge in [0.1, 0.15) is 5.82 Å². The van der Waals surface area contributed by atoms with Crippen LogP contribution >= 0.6 is 0 Å². The number of rotatable bonds is 3. The van der Waals surface area contributed by atoms with Gasteiger partial charge in [0.2, 0.25) is 5.95 Å². The molecule has 0 unspecified atom stereocenters. The highest BCUT2D eigenvalue weighted by Crippen LogP contribution is 2.19. The molecule has 0 atom stereocenters. The van der Waals surface area contributed by atoms with Crippen molar-refractivity contribution in [1.82, 2.24) is 9.55 Å². The number of nitrogens with two attached hydrogens (primary N) is 1. The van der Waals surface area contributed by atoms with E-state index in [0.717, 1.165) is 37.4 Å². The third-order valence-electron chi connectivity index (χ3n) is 3.78. The van der Waals surface area contributed by atoms with Crippen LogP contribution in [-0.2, 0) is 6.54 Å². The Morgan fingerprint density at radius 3 is 2.60 bits per heavy atom. The molecule has 20 heavy (non-hydrogen) atoms. The van der Waals surface area contributed by atoms with Gasteiger partial charge in [0, 0.05) is 31.5 Å². The van der Waals surface area contributed by atoms with Crippen molar-refractivity contribution >= 4 is 5.95 Å². The van der Waals surface area contributed by atoms with Gasteiger partial charge in [-0.2, -0.15) is 0 Å². The average Bonchev–Trinajstić information content (AvgIpc) is 2.90. The number of piperidine rings is 1. The fourth-order valence-electron chi connectivity index (χ4n) is 2.59. The monoisotopic (exact) mass is 274 g/mol. The molecule has 2 heterocycles. The maximum Gasteiger partial charge on any atom is 0.205 e. The average molecular weight is 274 g/mol. The fourth-order valence-corrected chi connectivity index (χ4v) is 2.59. The number of imidazole rings is 1. The second-order valence-electron chi connectivity index (χ2n) is 5.31. The number of anilines is 1. The van der Waals surface area contributed by atoms with Crippen LogP contribution in [0, 0.1) is 5.82 Å². The summed E-state index contributed by atoms with van der Waals surface area (Å²) in [5.41, 5.74) is 7.01. The highest BCUT2D eigenvalue weighted by molar-refractivity contribution is 5.33. The zero-order chi connectivity index (χ0) is 13.9. The molecule has 0 aliphatic carbocycles. The Balaban J connectivity index is 1.74. The number of halogens is 1. The van der Waals surface area contributed by atoms with Crippen LogP contribution in [0.4, 0.5) is 10.3 Å². The van der Waals surface area contributed by atoms with Crippen molar-refractivity contribution in [2.75, 3.05) is 18.0 Å². The summed E-state index contributed by atoms with van der Waals surface area (Å²) >= 11 is 0. The van der Waals surface area contributed by atoms with Crippen LogP contribution in [-0.4, -0.2) is 28.7 Å². The zero-order valence-electron chi connectivity index (χ0n) is 11.4. The lowest BCUT2D eigenvalue weighted by Gasteiger charge is -2.31. The van der Waals surface area contributed by atoms with Crippen molar-refractivity contribution in [2.45, 2.75) is 25.4 Å². The molecular formula is C15H19FN4. The molecule has 1 aromatic carbocycles. The molecule has 3 rings (SSSR count). The summed E-state index contributed by atoms with van der Waals surface area (Å²) in [6, 6.07) is 6.92. The first-order valence-corrected chi connectivity index (χ1v) is 6.98. The Labute approximate surface area is 118 Å². The number of aromatic nitrogens is 2. The fraction of sp³-hybridized carbons (Fsp3) is 0.400. The van der Waals surface area contributed by atoms with Gasteiger partial charge in [-0.1, -0.05) is 12.1 Å². The molecule has 1 aliphatic rings. The van der Waals surface area contributed by atoms with Gasteiger partial charge in [-0.3, -0.25) is 0 Å². The third kappa shape index (κ3) is 2.82. The summed E-state index contributed by atoms with van der Waals surface area (Å²) in [6.07, 6.45) is 5.79. The minimum atomic E-state index is -0.204. The van der Waals surface area contributed by atoms with Gasteiger partial charge in [-0.05, 0) is 30.5 Å². The molecule has 0 bridgehead atoms. The first kappa shape index (κ1) is 13.1. The molecular weight excluding hydrogens is 255 g/mol. The molecule has 1 aliphatic heterocycles. The second-order valence-corrected chi connectivity index (χ2v) is 5.31. The van der Waals surface area contributed by atoms with Crippen LogP contribution in [0.3, 0.4) is 0 Å². The van der Waals surface area contributed by atoms with E-state index >= 15 is 0 Å². The highest BCUT2D eigenvalue weighted by Gasteiger charge is 2.19. The van der Waals surface area contributed by atoms with Crippen molar-refractivity contribution in [3.8, 4) is 0 Å².